The van der Waals surface area contributed by atoms with Crippen molar-refractivity contribution < 1.29 is 19.5 Å². The summed E-state index contributed by atoms with van der Waals surface area (Å²) in [5.74, 6) is -1.12. The summed E-state index contributed by atoms with van der Waals surface area (Å²) in [7, 11) is 0. The number of nitrogens with one attached hydrogen (secondary N) is 1. The zero-order valence-corrected chi connectivity index (χ0v) is 10.1. The zero-order valence-electron chi connectivity index (χ0n) is 10.1. The minimum Gasteiger partial charge on any atom is -0.478 e. The minimum absolute atomic E-state index is 0.0141. The third-order valence-corrected chi connectivity index (χ3v) is 2.97. The van der Waals surface area contributed by atoms with Crippen LogP contribution >= 0.6 is 0 Å². The van der Waals surface area contributed by atoms with Crippen molar-refractivity contribution in [3.8, 4) is 0 Å². The van der Waals surface area contributed by atoms with E-state index in [1.54, 1.807) is 0 Å². The minimum atomic E-state index is -1.13. The Morgan fingerprint density at radius 1 is 1.35 bits per heavy atom. The number of pyridine rings is 1. The number of rotatable bonds is 2. The molecule has 3 heterocycles. The number of carbonyl (C=O) groups excluding carboxylic acids is 2. The average Bonchev–Trinajstić information content (AvgIpc) is 2.87. The Labute approximate surface area is 111 Å². The largest absolute Gasteiger partial charge is 0.478 e. The highest BCUT2D eigenvalue weighted by atomic mass is 16.4. The lowest BCUT2D eigenvalue weighted by atomic mass is 10.2. The molecule has 9 nitrogen and oxygen atoms in total. The first kappa shape index (κ1) is 12.1. The maximum atomic E-state index is 11.8. The van der Waals surface area contributed by atoms with Crippen LogP contribution < -0.4 is 10.2 Å². The van der Waals surface area contributed by atoms with Crippen molar-refractivity contribution >= 4 is 29.4 Å². The van der Waals surface area contributed by atoms with Crippen molar-refractivity contribution in [3.05, 3.63) is 24.0 Å². The fourth-order valence-corrected chi connectivity index (χ4v) is 2.05. The molecule has 1 fully saturated rings. The van der Waals surface area contributed by atoms with E-state index in [4.69, 9.17) is 5.11 Å². The number of aromatic carboxylic acids is 1. The molecule has 0 unspecified atom stereocenters. The number of carbonyl (C=O) groups is 3. The Bertz CT molecular complexity index is 737. The van der Waals surface area contributed by atoms with Crippen LogP contribution in [0.2, 0.25) is 0 Å². The maximum Gasteiger partial charge on any atom is 0.339 e. The van der Waals surface area contributed by atoms with Gasteiger partial charge in [0.05, 0.1) is 0 Å². The number of aromatic nitrogens is 3. The van der Waals surface area contributed by atoms with Gasteiger partial charge in [0.15, 0.2) is 5.65 Å². The van der Waals surface area contributed by atoms with Crippen LogP contribution in [0.5, 0.6) is 0 Å². The molecule has 102 valence electrons. The number of carboxylic acid groups (broad SMARTS) is 1. The molecule has 1 aliphatic rings. The van der Waals surface area contributed by atoms with Crippen LogP contribution in [0, 0.1) is 0 Å². The van der Waals surface area contributed by atoms with Crippen LogP contribution in [0.1, 0.15) is 16.8 Å². The summed E-state index contributed by atoms with van der Waals surface area (Å²) in [6, 6.07) is 2.24. The summed E-state index contributed by atoms with van der Waals surface area (Å²) in [4.78, 5) is 39.2. The highest BCUT2D eigenvalue weighted by Gasteiger charge is 2.27. The van der Waals surface area contributed by atoms with Gasteiger partial charge in [0.1, 0.15) is 17.7 Å². The second-order valence-corrected chi connectivity index (χ2v) is 4.16. The van der Waals surface area contributed by atoms with E-state index in [0.717, 1.165) is 0 Å². The molecular formula is C11H9N5O4. The average molecular weight is 275 g/mol. The molecule has 0 atom stereocenters. The second kappa shape index (κ2) is 4.30. The SMILES string of the molecule is O=C1CCN(c2ccc(C(=O)O)c3ncnn23)C(=O)N1. The van der Waals surface area contributed by atoms with E-state index >= 15 is 0 Å². The number of hydrogen-bond acceptors (Lipinski definition) is 5. The standard InChI is InChI=1S/C11H9N5O4/c17-7-3-4-15(11(20)14-7)8-2-1-6(10(18)19)9-12-5-13-16(8)9/h1-2,5H,3-4H2,(H,18,19)(H,14,17,20). The second-order valence-electron chi connectivity index (χ2n) is 4.16. The highest BCUT2D eigenvalue weighted by molar-refractivity contribution is 6.05. The van der Waals surface area contributed by atoms with Crippen LogP contribution in [0.4, 0.5) is 10.6 Å². The third-order valence-electron chi connectivity index (χ3n) is 2.97. The molecule has 20 heavy (non-hydrogen) atoms. The molecule has 0 bridgehead atoms. The van der Waals surface area contributed by atoms with Crippen molar-refractivity contribution in [1.82, 2.24) is 19.9 Å². The highest BCUT2D eigenvalue weighted by Crippen LogP contribution is 2.20. The summed E-state index contributed by atoms with van der Waals surface area (Å²) in [5.41, 5.74) is 0.124. The summed E-state index contributed by atoms with van der Waals surface area (Å²) in [6.45, 7) is 0.200. The fourth-order valence-electron chi connectivity index (χ4n) is 2.05. The van der Waals surface area contributed by atoms with Gasteiger partial charge in [0.25, 0.3) is 0 Å². The molecule has 0 spiro atoms. The number of hydrogen-bond donors (Lipinski definition) is 2. The number of urea groups is 1. The lowest BCUT2D eigenvalue weighted by molar-refractivity contribution is -0.120. The molecule has 0 radical (unpaired) electrons. The van der Waals surface area contributed by atoms with Gasteiger partial charge in [-0.05, 0) is 12.1 Å². The van der Waals surface area contributed by atoms with Crippen molar-refractivity contribution in [1.29, 1.82) is 0 Å². The molecule has 0 aliphatic carbocycles. The summed E-state index contributed by atoms with van der Waals surface area (Å²) >= 11 is 0. The first-order valence-electron chi connectivity index (χ1n) is 5.75. The van der Waals surface area contributed by atoms with E-state index in [-0.39, 0.29) is 30.1 Å². The van der Waals surface area contributed by atoms with Crippen LogP contribution in [-0.2, 0) is 4.79 Å². The molecule has 2 N–H and O–H groups in total. The van der Waals surface area contributed by atoms with Gasteiger partial charge in [0.2, 0.25) is 5.91 Å². The molecule has 2 aromatic rings. The molecular weight excluding hydrogens is 266 g/mol. The van der Waals surface area contributed by atoms with Crippen molar-refractivity contribution in [2.45, 2.75) is 6.42 Å². The first-order chi connectivity index (χ1) is 9.58. The topological polar surface area (TPSA) is 117 Å². The van der Waals surface area contributed by atoms with E-state index in [1.807, 2.05) is 0 Å². The molecule has 3 rings (SSSR count). The Morgan fingerprint density at radius 3 is 2.85 bits per heavy atom. The van der Waals surface area contributed by atoms with Gasteiger partial charge >= 0.3 is 12.0 Å². The van der Waals surface area contributed by atoms with E-state index < -0.39 is 12.0 Å². The first-order valence-corrected chi connectivity index (χ1v) is 5.75. The van der Waals surface area contributed by atoms with Gasteiger partial charge in [0, 0.05) is 13.0 Å². The normalized spacial score (nSPS) is 15.5. The predicted octanol–water partition coefficient (Wildman–Crippen LogP) is -0.126. The molecule has 1 saturated heterocycles. The van der Waals surface area contributed by atoms with E-state index in [9.17, 15) is 14.4 Å². The van der Waals surface area contributed by atoms with Gasteiger partial charge in [-0.1, -0.05) is 0 Å². The van der Waals surface area contributed by atoms with Crippen molar-refractivity contribution in [3.63, 3.8) is 0 Å². The van der Waals surface area contributed by atoms with Crippen LogP contribution in [-0.4, -0.2) is 44.2 Å². The quantitative estimate of drug-likeness (QED) is 0.788. The molecule has 3 amide bonds. The fraction of sp³-hybridized carbons (Fsp3) is 0.182. The van der Waals surface area contributed by atoms with Gasteiger partial charge in [-0.25, -0.2) is 14.6 Å². The lowest BCUT2D eigenvalue weighted by Gasteiger charge is -2.26. The smallest absolute Gasteiger partial charge is 0.339 e. The van der Waals surface area contributed by atoms with Crippen molar-refractivity contribution in [2.24, 2.45) is 0 Å². The lowest BCUT2D eigenvalue weighted by Crippen LogP contribution is -2.50. The maximum absolute atomic E-state index is 11.8. The summed E-state index contributed by atoms with van der Waals surface area (Å²) in [5, 5.41) is 15.2. The number of anilines is 1. The monoisotopic (exact) mass is 275 g/mol. The zero-order chi connectivity index (χ0) is 14.3. The number of amides is 3. The van der Waals surface area contributed by atoms with Crippen LogP contribution in [0.3, 0.4) is 0 Å². The Balaban J connectivity index is 2.11. The van der Waals surface area contributed by atoms with Gasteiger partial charge in [-0.2, -0.15) is 9.61 Å². The van der Waals surface area contributed by atoms with Crippen LogP contribution in [0.25, 0.3) is 5.65 Å². The molecule has 9 heteroatoms. The van der Waals surface area contributed by atoms with Gasteiger partial charge in [-0.15, -0.1) is 0 Å². The van der Waals surface area contributed by atoms with Gasteiger partial charge < -0.3 is 5.11 Å². The Morgan fingerprint density at radius 2 is 2.15 bits per heavy atom. The number of imide groups is 1. The van der Waals surface area contributed by atoms with Crippen molar-refractivity contribution in [2.75, 3.05) is 11.4 Å². The molecule has 1 aliphatic heterocycles. The third kappa shape index (κ3) is 1.76. The number of fused-ring (bicyclic) bond motifs is 1. The molecule has 0 saturated carbocycles. The van der Waals surface area contributed by atoms with Crippen LogP contribution in [0.15, 0.2) is 18.5 Å². The van der Waals surface area contributed by atoms with E-state index in [0.29, 0.717) is 5.82 Å². The van der Waals surface area contributed by atoms with Gasteiger partial charge in [-0.3, -0.25) is 15.0 Å². The predicted molar refractivity (Wildman–Crippen MR) is 65.4 cm³/mol. The Hall–Kier alpha value is -2.97. The van der Waals surface area contributed by atoms with E-state index in [1.165, 1.54) is 27.9 Å². The number of carboxylic acids is 1. The summed E-state index contributed by atoms with van der Waals surface area (Å²) in [6.07, 6.45) is 1.38. The van der Waals surface area contributed by atoms with E-state index in [2.05, 4.69) is 15.4 Å². The molecule has 0 aromatic carbocycles. The Kier molecular flexibility index (Phi) is 2.60. The molecule has 2 aromatic heterocycles. The number of nitrogens with zero attached hydrogens (tertiary/aromatic N) is 4. The summed E-state index contributed by atoms with van der Waals surface area (Å²) < 4.78 is 1.26.